The predicted octanol–water partition coefficient (Wildman–Crippen LogP) is 0.975. The van der Waals surface area contributed by atoms with Crippen LogP contribution in [0.3, 0.4) is 0 Å². The minimum absolute atomic E-state index is 0.118. The molecule has 2 fully saturated rings. The van der Waals surface area contributed by atoms with Gasteiger partial charge in [-0.05, 0) is 25.3 Å². The van der Waals surface area contributed by atoms with Crippen LogP contribution in [-0.2, 0) is 4.79 Å². The summed E-state index contributed by atoms with van der Waals surface area (Å²) in [5, 5.41) is 11.8. The number of piperidine rings is 1. The molecular weight excluding hydrogens is 258 g/mol. The van der Waals surface area contributed by atoms with E-state index in [1.807, 2.05) is 0 Å². The third-order valence-electron chi connectivity index (χ3n) is 4.34. The standard InChI is InChI=1S/C14H25N3O3/c1-10(2)12(13(18)19)15-14(20)17-8-7-16-6-4-3-5-11(16)9-17/h10-12H,3-9H2,1-2H3,(H,15,20)(H,18,19)/t11?,12-/m0/s1. The van der Waals surface area contributed by atoms with Gasteiger partial charge in [0.25, 0.3) is 0 Å². The van der Waals surface area contributed by atoms with Crippen molar-refractivity contribution in [3.05, 3.63) is 0 Å². The minimum atomic E-state index is -0.968. The summed E-state index contributed by atoms with van der Waals surface area (Å²) in [6.45, 7) is 7.04. The number of fused-ring (bicyclic) bond motifs is 1. The summed E-state index contributed by atoms with van der Waals surface area (Å²) in [4.78, 5) is 27.6. The van der Waals surface area contributed by atoms with Gasteiger partial charge < -0.3 is 15.3 Å². The van der Waals surface area contributed by atoms with Gasteiger partial charge in [-0.2, -0.15) is 0 Å². The number of rotatable bonds is 3. The van der Waals surface area contributed by atoms with E-state index in [2.05, 4.69) is 10.2 Å². The lowest BCUT2D eigenvalue weighted by Gasteiger charge is -2.44. The lowest BCUT2D eigenvalue weighted by atomic mass is 9.99. The van der Waals surface area contributed by atoms with E-state index in [4.69, 9.17) is 5.11 Å². The summed E-state index contributed by atoms with van der Waals surface area (Å²) in [6, 6.07) is -0.603. The van der Waals surface area contributed by atoms with Gasteiger partial charge in [-0.3, -0.25) is 4.90 Å². The third-order valence-corrected chi connectivity index (χ3v) is 4.34. The number of nitrogens with zero attached hydrogens (tertiary/aromatic N) is 2. The Kier molecular flexibility index (Phi) is 4.86. The van der Waals surface area contributed by atoms with Crippen LogP contribution in [0.1, 0.15) is 33.1 Å². The highest BCUT2D eigenvalue weighted by molar-refractivity contribution is 5.82. The smallest absolute Gasteiger partial charge is 0.326 e. The Morgan fingerprint density at radius 1 is 1.20 bits per heavy atom. The number of carboxylic acid groups (broad SMARTS) is 1. The fourth-order valence-electron chi connectivity index (χ4n) is 3.08. The molecule has 0 aromatic carbocycles. The van der Waals surface area contributed by atoms with Crippen LogP contribution in [0.4, 0.5) is 4.79 Å². The van der Waals surface area contributed by atoms with Crippen LogP contribution >= 0.6 is 0 Å². The number of carbonyl (C=O) groups excluding carboxylic acids is 1. The number of hydrogen-bond acceptors (Lipinski definition) is 3. The fourth-order valence-corrected chi connectivity index (χ4v) is 3.08. The first-order valence-electron chi connectivity index (χ1n) is 7.51. The van der Waals surface area contributed by atoms with Crippen LogP contribution in [0, 0.1) is 5.92 Å². The van der Waals surface area contributed by atoms with Crippen molar-refractivity contribution in [3.63, 3.8) is 0 Å². The zero-order valence-electron chi connectivity index (χ0n) is 12.3. The van der Waals surface area contributed by atoms with Gasteiger partial charge in [-0.25, -0.2) is 9.59 Å². The van der Waals surface area contributed by atoms with Crippen molar-refractivity contribution in [2.24, 2.45) is 5.92 Å². The monoisotopic (exact) mass is 283 g/mol. The van der Waals surface area contributed by atoms with Crippen LogP contribution in [0.25, 0.3) is 0 Å². The summed E-state index contributed by atoms with van der Waals surface area (Å²) in [7, 11) is 0. The van der Waals surface area contributed by atoms with Crippen molar-refractivity contribution in [1.82, 2.24) is 15.1 Å². The van der Waals surface area contributed by atoms with Crippen molar-refractivity contribution in [3.8, 4) is 0 Å². The molecule has 6 nitrogen and oxygen atoms in total. The van der Waals surface area contributed by atoms with Gasteiger partial charge in [0.05, 0.1) is 0 Å². The molecule has 0 saturated carbocycles. The molecule has 2 rings (SSSR count). The molecule has 6 heteroatoms. The lowest BCUT2D eigenvalue weighted by Crippen LogP contribution is -2.59. The van der Waals surface area contributed by atoms with E-state index in [9.17, 15) is 9.59 Å². The summed E-state index contributed by atoms with van der Waals surface area (Å²) in [6.07, 6.45) is 3.60. The molecule has 0 bridgehead atoms. The predicted molar refractivity (Wildman–Crippen MR) is 75.6 cm³/mol. The van der Waals surface area contributed by atoms with E-state index in [-0.39, 0.29) is 11.9 Å². The Labute approximate surface area is 120 Å². The number of hydrogen-bond donors (Lipinski definition) is 2. The number of urea groups is 1. The first kappa shape index (κ1) is 15.1. The topological polar surface area (TPSA) is 72.9 Å². The fraction of sp³-hybridized carbons (Fsp3) is 0.857. The van der Waals surface area contributed by atoms with E-state index >= 15 is 0 Å². The maximum atomic E-state index is 12.2. The number of carboxylic acids is 1. The molecule has 114 valence electrons. The highest BCUT2D eigenvalue weighted by Crippen LogP contribution is 2.21. The zero-order valence-corrected chi connectivity index (χ0v) is 12.3. The molecule has 0 aliphatic carbocycles. The largest absolute Gasteiger partial charge is 0.480 e. The normalized spacial score (nSPS) is 25.1. The Morgan fingerprint density at radius 2 is 1.95 bits per heavy atom. The summed E-state index contributed by atoms with van der Waals surface area (Å²) < 4.78 is 0. The van der Waals surface area contributed by atoms with Gasteiger partial charge in [-0.15, -0.1) is 0 Å². The second-order valence-electron chi connectivity index (χ2n) is 6.14. The molecule has 2 atom stereocenters. The van der Waals surface area contributed by atoms with Crippen LogP contribution < -0.4 is 5.32 Å². The molecule has 0 aromatic rings. The van der Waals surface area contributed by atoms with E-state index in [1.54, 1.807) is 18.7 Å². The summed E-state index contributed by atoms with van der Waals surface area (Å²) in [5.41, 5.74) is 0. The molecule has 0 spiro atoms. The Bertz CT molecular complexity index is 373. The van der Waals surface area contributed by atoms with Crippen molar-refractivity contribution in [1.29, 1.82) is 0 Å². The molecule has 2 aliphatic heterocycles. The maximum absolute atomic E-state index is 12.2. The molecule has 1 unspecified atom stereocenters. The third kappa shape index (κ3) is 3.42. The first-order chi connectivity index (χ1) is 9.49. The molecule has 2 saturated heterocycles. The molecule has 2 heterocycles. The Morgan fingerprint density at radius 3 is 2.60 bits per heavy atom. The van der Waals surface area contributed by atoms with Crippen molar-refractivity contribution in [2.45, 2.75) is 45.2 Å². The number of piperazine rings is 1. The number of aliphatic carboxylic acids is 1. The molecule has 0 radical (unpaired) electrons. The molecular formula is C14H25N3O3. The average molecular weight is 283 g/mol. The second-order valence-corrected chi connectivity index (χ2v) is 6.14. The second kappa shape index (κ2) is 6.43. The number of nitrogens with one attached hydrogen (secondary N) is 1. The van der Waals surface area contributed by atoms with E-state index in [0.717, 1.165) is 26.1 Å². The molecule has 2 amide bonds. The van der Waals surface area contributed by atoms with E-state index < -0.39 is 12.0 Å². The summed E-state index contributed by atoms with van der Waals surface area (Å²) in [5.74, 6) is -1.09. The first-order valence-corrected chi connectivity index (χ1v) is 7.51. The van der Waals surface area contributed by atoms with Gasteiger partial charge in [0.2, 0.25) is 0 Å². The van der Waals surface area contributed by atoms with Crippen molar-refractivity contribution < 1.29 is 14.7 Å². The van der Waals surface area contributed by atoms with Crippen molar-refractivity contribution >= 4 is 12.0 Å². The molecule has 0 aromatic heterocycles. The molecule has 2 aliphatic rings. The van der Waals surface area contributed by atoms with Crippen LogP contribution in [-0.4, -0.2) is 65.2 Å². The van der Waals surface area contributed by atoms with Gasteiger partial charge in [0.15, 0.2) is 0 Å². The quantitative estimate of drug-likeness (QED) is 0.809. The lowest BCUT2D eigenvalue weighted by molar-refractivity contribution is -0.140. The van der Waals surface area contributed by atoms with Gasteiger partial charge >= 0.3 is 12.0 Å². The minimum Gasteiger partial charge on any atom is -0.480 e. The average Bonchev–Trinajstić information content (AvgIpc) is 2.43. The molecule has 20 heavy (non-hydrogen) atoms. The highest BCUT2D eigenvalue weighted by atomic mass is 16.4. The van der Waals surface area contributed by atoms with Gasteiger partial charge in [0, 0.05) is 25.7 Å². The molecule has 2 N–H and O–H groups in total. The van der Waals surface area contributed by atoms with Crippen molar-refractivity contribution in [2.75, 3.05) is 26.2 Å². The zero-order chi connectivity index (χ0) is 14.7. The Hall–Kier alpha value is -1.30. The van der Waals surface area contributed by atoms with Crippen LogP contribution in [0.2, 0.25) is 0 Å². The van der Waals surface area contributed by atoms with E-state index in [1.165, 1.54) is 12.8 Å². The SMILES string of the molecule is CC(C)[C@H](NC(=O)N1CCN2CCCCC2C1)C(=O)O. The van der Waals surface area contributed by atoms with Gasteiger partial charge in [0.1, 0.15) is 6.04 Å². The summed E-state index contributed by atoms with van der Waals surface area (Å²) >= 11 is 0. The van der Waals surface area contributed by atoms with Crippen LogP contribution in [0.5, 0.6) is 0 Å². The number of carbonyl (C=O) groups is 2. The van der Waals surface area contributed by atoms with Gasteiger partial charge in [-0.1, -0.05) is 20.3 Å². The Balaban J connectivity index is 1.91. The highest BCUT2D eigenvalue weighted by Gasteiger charge is 2.33. The van der Waals surface area contributed by atoms with Crippen LogP contribution in [0.15, 0.2) is 0 Å². The number of amides is 2. The van der Waals surface area contributed by atoms with E-state index in [0.29, 0.717) is 12.6 Å². The maximum Gasteiger partial charge on any atom is 0.326 e.